The van der Waals surface area contributed by atoms with Crippen molar-refractivity contribution >= 4 is 23.4 Å². The molecule has 0 unspecified atom stereocenters. The first kappa shape index (κ1) is 16.4. The molecule has 3 nitrogen and oxygen atoms in total. The van der Waals surface area contributed by atoms with Gasteiger partial charge in [-0.15, -0.1) is 0 Å². The number of nitrogens with zero attached hydrogens (tertiary/aromatic N) is 1. The van der Waals surface area contributed by atoms with Crippen molar-refractivity contribution in [1.29, 1.82) is 0 Å². The molecule has 2 rings (SSSR count). The number of allylic oxidation sites excluding steroid dienone is 1. The van der Waals surface area contributed by atoms with E-state index >= 15 is 0 Å². The van der Waals surface area contributed by atoms with Crippen LogP contribution in [0, 0.1) is 17.7 Å². The largest absolute Gasteiger partial charge is 0.481 e. The van der Waals surface area contributed by atoms with E-state index in [2.05, 4.69) is 11.6 Å². The van der Waals surface area contributed by atoms with E-state index in [-0.39, 0.29) is 24.1 Å². The van der Waals surface area contributed by atoms with Crippen molar-refractivity contribution in [2.45, 2.75) is 39.0 Å². The van der Waals surface area contributed by atoms with Crippen molar-refractivity contribution in [3.05, 3.63) is 36.2 Å². The zero-order valence-electron chi connectivity index (χ0n) is 12.9. The fourth-order valence-electron chi connectivity index (χ4n) is 3.20. The first-order valence-electron chi connectivity index (χ1n) is 7.70. The molecule has 1 aromatic carbocycles. The predicted octanol–water partition coefficient (Wildman–Crippen LogP) is 4.84. The molecule has 0 atom stereocenters. The quantitative estimate of drug-likeness (QED) is 0.791. The molecule has 1 aromatic rings. The van der Waals surface area contributed by atoms with E-state index in [4.69, 9.17) is 5.11 Å². The van der Waals surface area contributed by atoms with E-state index in [9.17, 15) is 9.18 Å². The Morgan fingerprint density at radius 3 is 2.68 bits per heavy atom. The number of carboxylic acid groups (broad SMARTS) is 1. The molecular weight excluding hydrogens is 281 g/mol. The summed E-state index contributed by atoms with van der Waals surface area (Å²) in [6, 6.07) is 4.57. The number of benzene rings is 1. The number of aliphatic imine (C=N–C) groups is 1. The number of hydrogen-bond donors (Lipinski definition) is 1. The third-order valence-corrected chi connectivity index (χ3v) is 4.38. The molecule has 1 fully saturated rings. The van der Waals surface area contributed by atoms with Gasteiger partial charge in [0.25, 0.3) is 0 Å². The van der Waals surface area contributed by atoms with Crippen LogP contribution in [0.4, 0.5) is 10.1 Å². The van der Waals surface area contributed by atoms with Crippen molar-refractivity contribution < 1.29 is 14.3 Å². The molecule has 0 radical (unpaired) electrons. The van der Waals surface area contributed by atoms with Gasteiger partial charge in [0.1, 0.15) is 5.82 Å². The van der Waals surface area contributed by atoms with Crippen LogP contribution >= 0.6 is 0 Å². The maximum Gasteiger partial charge on any atom is 0.303 e. The average molecular weight is 303 g/mol. The lowest BCUT2D eigenvalue weighted by Gasteiger charge is -2.29. The first-order valence-corrected chi connectivity index (χ1v) is 7.70. The van der Waals surface area contributed by atoms with E-state index in [1.54, 1.807) is 12.3 Å². The number of halogens is 1. The molecule has 118 valence electrons. The average Bonchev–Trinajstić information content (AvgIpc) is 2.49. The van der Waals surface area contributed by atoms with Gasteiger partial charge in [-0.3, -0.25) is 9.79 Å². The summed E-state index contributed by atoms with van der Waals surface area (Å²) < 4.78 is 13.6. The van der Waals surface area contributed by atoms with Gasteiger partial charge in [-0.2, -0.15) is 0 Å². The van der Waals surface area contributed by atoms with E-state index < -0.39 is 5.97 Å². The van der Waals surface area contributed by atoms with Gasteiger partial charge in [-0.1, -0.05) is 6.58 Å². The summed E-state index contributed by atoms with van der Waals surface area (Å²) in [5.74, 6) is -0.488. The Bertz CT molecular complexity index is 587. The van der Waals surface area contributed by atoms with E-state index in [1.165, 1.54) is 12.1 Å². The van der Waals surface area contributed by atoms with Gasteiger partial charge in [-0.25, -0.2) is 4.39 Å². The monoisotopic (exact) mass is 303 g/mol. The summed E-state index contributed by atoms with van der Waals surface area (Å²) in [4.78, 5) is 15.1. The zero-order chi connectivity index (χ0) is 16.1. The lowest BCUT2D eigenvalue weighted by atomic mass is 9.76. The highest BCUT2D eigenvalue weighted by Crippen LogP contribution is 2.40. The van der Waals surface area contributed by atoms with Gasteiger partial charge in [0, 0.05) is 18.2 Å². The van der Waals surface area contributed by atoms with Crippen LogP contribution in [0.3, 0.4) is 0 Å². The van der Waals surface area contributed by atoms with Crippen molar-refractivity contribution in [3.8, 4) is 0 Å². The second-order valence-electron chi connectivity index (χ2n) is 5.89. The zero-order valence-corrected chi connectivity index (χ0v) is 12.9. The fourth-order valence-corrected chi connectivity index (χ4v) is 3.20. The minimum absolute atomic E-state index is 0.241. The summed E-state index contributed by atoms with van der Waals surface area (Å²) in [7, 11) is 0. The van der Waals surface area contributed by atoms with Gasteiger partial charge in [-0.05, 0) is 68.2 Å². The van der Waals surface area contributed by atoms with Crippen LogP contribution in [-0.2, 0) is 4.79 Å². The topological polar surface area (TPSA) is 49.7 Å². The Kier molecular flexibility index (Phi) is 5.47. The smallest absolute Gasteiger partial charge is 0.303 e. The lowest BCUT2D eigenvalue weighted by Crippen LogP contribution is -2.18. The molecular formula is C18H22FNO2. The van der Waals surface area contributed by atoms with E-state index in [1.807, 2.05) is 6.92 Å². The molecule has 0 aliphatic heterocycles. The molecule has 0 aromatic heterocycles. The highest BCUT2D eigenvalue weighted by atomic mass is 19.1. The Hall–Kier alpha value is -1.97. The molecule has 0 heterocycles. The van der Waals surface area contributed by atoms with Crippen LogP contribution < -0.4 is 0 Å². The van der Waals surface area contributed by atoms with Crippen molar-refractivity contribution in [1.82, 2.24) is 0 Å². The minimum Gasteiger partial charge on any atom is -0.481 e. The predicted molar refractivity (Wildman–Crippen MR) is 87.0 cm³/mol. The molecule has 1 N–H and O–H groups in total. The number of rotatable bonds is 5. The summed E-state index contributed by atoms with van der Waals surface area (Å²) in [6.45, 7) is 5.99. The Labute approximate surface area is 130 Å². The van der Waals surface area contributed by atoms with Crippen LogP contribution in [0.1, 0.15) is 44.6 Å². The summed E-state index contributed by atoms with van der Waals surface area (Å²) in [6.07, 6.45) is 5.51. The standard InChI is InChI=1S/C18H22FNO2/c1-3-20-17-9-8-15(19)11-16(17)12(2)14-6-4-13(5-7-14)10-18(21)22/h3,8-9,11,13-14H,2,4-7,10H2,1H3,(H,21,22). The van der Waals surface area contributed by atoms with E-state index in [0.29, 0.717) is 0 Å². The molecule has 0 bridgehead atoms. The van der Waals surface area contributed by atoms with Crippen molar-refractivity contribution in [3.63, 3.8) is 0 Å². The number of aliphatic carboxylic acids is 1. The Morgan fingerprint density at radius 1 is 1.41 bits per heavy atom. The molecule has 22 heavy (non-hydrogen) atoms. The van der Waals surface area contributed by atoms with Gasteiger partial charge < -0.3 is 5.11 Å². The Morgan fingerprint density at radius 2 is 2.09 bits per heavy atom. The van der Waals surface area contributed by atoms with Gasteiger partial charge in [0.05, 0.1) is 5.69 Å². The van der Waals surface area contributed by atoms with E-state index in [0.717, 1.165) is 42.5 Å². The molecule has 0 spiro atoms. The third-order valence-electron chi connectivity index (χ3n) is 4.38. The highest BCUT2D eigenvalue weighted by Gasteiger charge is 2.26. The van der Waals surface area contributed by atoms with Crippen LogP contribution in [0.5, 0.6) is 0 Å². The third kappa shape index (κ3) is 4.03. The van der Waals surface area contributed by atoms with Gasteiger partial charge in [0.2, 0.25) is 0 Å². The number of carboxylic acids is 1. The van der Waals surface area contributed by atoms with Crippen molar-refractivity contribution in [2.75, 3.05) is 0 Å². The highest BCUT2D eigenvalue weighted by molar-refractivity contribution is 5.77. The number of hydrogen-bond acceptors (Lipinski definition) is 2. The Balaban J connectivity index is 2.10. The second kappa shape index (κ2) is 7.34. The molecule has 1 aliphatic carbocycles. The summed E-state index contributed by atoms with van der Waals surface area (Å²) in [5.41, 5.74) is 2.41. The summed E-state index contributed by atoms with van der Waals surface area (Å²) in [5, 5.41) is 8.87. The normalized spacial score (nSPS) is 21.9. The fraction of sp³-hybridized carbons (Fsp3) is 0.444. The maximum atomic E-state index is 13.6. The molecule has 0 saturated heterocycles. The molecule has 0 amide bonds. The van der Waals surface area contributed by atoms with Crippen LogP contribution in [0.15, 0.2) is 29.8 Å². The molecule has 1 saturated carbocycles. The van der Waals surface area contributed by atoms with Crippen LogP contribution in [0.2, 0.25) is 0 Å². The van der Waals surface area contributed by atoms with Crippen LogP contribution in [-0.4, -0.2) is 17.3 Å². The van der Waals surface area contributed by atoms with Crippen molar-refractivity contribution in [2.24, 2.45) is 16.8 Å². The van der Waals surface area contributed by atoms with Gasteiger partial charge >= 0.3 is 5.97 Å². The summed E-state index contributed by atoms with van der Waals surface area (Å²) >= 11 is 0. The maximum absolute atomic E-state index is 13.6. The minimum atomic E-state index is -0.730. The first-order chi connectivity index (χ1) is 10.5. The lowest BCUT2D eigenvalue weighted by molar-refractivity contribution is -0.138. The molecule has 1 aliphatic rings. The second-order valence-corrected chi connectivity index (χ2v) is 5.89. The van der Waals surface area contributed by atoms with Crippen LogP contribution in [0.25, 0.3) is 5.57 Å². The molecule has 4 heteroatoms. The number of carbonyl (C=O) groups is 1. The SMILES string of the molecule is C=C(c1cc(F)ccc1N=CC)C1CCC(CC(=O)O)CC1. The van der Waals surface area contributed by atoms with Gasteiger partial charge in [0.15, 0.2) is 0 Å².